The highest BCUT2D eigenvalue weighted by Gasteiger charge is 2.29. The van der Waals surface area contributed by atoms with Crippen molar-refractivity contribution in [3.05, 3.63) is 30.0 Å². The number of nitriles is 1. The molecular weight excluding hydrogens is 386 g/mol. The van der Waals surface area contributed by atoms with Crippen LogP contribution in [0.15, 0.2) is 24.3 Å². The van der Waals surface area contributed by atoms with Gasteiger partial charge in [-0.2, -0.15) is 5.26 Å². The van der Waals surface area contributed by atoms with E-state index in [-0.39, 0.29) is 5.91 Å². The SMILES string of the molecule is CCCCCCNC(=O)[C@@H](C#N)c1nc2ccccc2nc1N(CC(C)C)CC(C)C. The molecule has 0 saturated heterocycles. The van der Waals surface area contributed by atoms with Gasteiger partial charge in [0.25, 0.3) is 0 Å². The maximum atomic E-state index is 12.9. The first-order valence-electron chi connectivity index (χ1n) is 11.6. The molecule has 1 aromatic carbocycles. The molecule has 0 spiro atoms. The lowest BCUT2D eigenvalue weighted by Crippen LogP contribution is -2.35. The van der Waals surface area contributed by atoms with Gasteiger partial charge in [0.2, 0.25) is 5.91 Å². The van der Waals surface area contributed by atoms with E-state index in [1.807, 2.05) is 24.3 Å². The molecule has 0 unspecified atom stereocenters. The Labute approximate surface area is 187 Å². The summed E-state index contributed by atoms with van der Waals surface area (Å²) in [5, 5.41) is 12.9. The van der Waals surface area contributed by atoms with Crippen LogP contribution in [0.4, 0.5) is 5.82 Å². The molecule has 0 saturated carbocycles. The second-order valence-corrected chi connectivity index (χ2v) is 9.03. The number of aromatic nitrogens is 2. The Morgan fingerprint density at radius 2 is 1.65 bits per heavy atom. The second kappa shape index (κ2) is 12.2. The van der Waals surface area contributed by atoms with E-state index in [0.717, 1.165) is 44.3 Å². The van der Waals surface area contributed by atoms with Crippen LogP contribution < -0.4 is 10.2 Å². The lowest BCUT2D eigenvalue weighted by Gasteiger charge is -2.29. The average Bonchev–Trinajstić information content (AvgIpc) is 2.72. The van der Waals surface area contributed by atoms with E-state index >= 15 is 0 Å². The Hall–Kier alpha value is -2.68. The van der Waals surface area contributed by atoms with Gasteiger partial charge >= 0.3 is 0 Å². The van der Waals surface area contributed by atoms with Gasteiger partial charge in [-0.1, -0.05) is 66.0 Å². The van der Waals surface area contributed by atoms with E-state index in [0.29, 0.717) is 35.4 Å². The zero-order chi connectivity index (χ0) is 22.8. The Bertz CT molecular complexity index is 877. The number of carbonyl (C=O) groups excluding carboxylic acids is 1. The summed E-state index contributed by atoms with van der Waals surface area (Å²) in [5.41, 5.74) is 1.93. The third kappa shape index (κ3) is 7.20. The van der Waals surface area contributed by atoms with Crippen molar-refractivity contribution in [2.24, 2.45) is 11.8 Å². The lowest BCUT2D eigenvalue weighted by molar-refractivity contribution is -0.121. The normalized spacial score (nSPS) is 12.2. The maximum absolute atomic E-state index is 12.9. The Morgan fingerprint density at radius 1 is 1.03 bits per heavy atom. The largest absolute Gasteiger partial charge is 0.355 e. The monoisotopic (exact) mass is 423 g/mol. The number of fused-ring (bicyclic) bond motifs is 1. The molecule has 6 nitrogen and oxygen atoms in total. The number of benzene rings is 1. The van der Waals surface area contributed by atoms with E-state index in [1.54, 1.807) is 0 Å². The summed E-state index contributed by atoms with van der Waals surface area (Å²) in [4.78, 5) is 24.8. The van der Waals surface area contributed by atoms with Crippen LogP contribution in [-0.4, -0.2) is 35.5 Å². The standard InChI is InChI=1S/C25H37N5O/c1-6-7-8-11-14-27-25(31)20(15-26)23-24(30(16-18(2)3)17-19(4)5)29-22-13-10-9-12-21(22)28-23/h9-10,12-13,18-20H,6-8,11,14,16-17H2,1-5H3,(H,27,31)/t20-/m0/s1. The van der Waals surface area contributed by atoms with Crippen molar-refractivity contribution >= 4 is 22.8 Å². The number of hydrogen-bond acceptors (Lipinski definition) is 5. The van der Waals surface area contributed by atoms with E-state index in [2.05, 4.69) is 50.9 Å². The molecule has 6 heteroatoms. The molecule has 0 aliphatic carbocycles. The zero-order valence-electron chi connectivity index (χ0n) is 19.7. The summed E-state index contributed by atoms with van der Waals surface area (Å²) in [6.45, 7) is 12.9. The van der Waals surface area contributed by atoms with E-state index in [9.17, 15) is 10.1 Å². The summed E-state index contributed by atoms with van der Waals surface area (Å²) in [7, 11) is 0. The van der Waals surface area contributed by atoms with Gasteiger partial charge in [0.05, 0.1) is 17.1 Å². The highest BCUT2D eigenvalue weighted by Crippen LogP contribution is 2.28. The molecule has 0 aliphatic heterocycles. The van der Waals surface area contributed by atoms with Crippen molar-refractivity contribution in [1.29, 1.82) is 5.26 Å². The van der Waals surface area contributed by atoms with Gasteiger partial charge in [-0.3, -0.25) is 4.79 Å². The first kappa shape index (κ1) is 24.6. The highest BCUT2D eigenvalue weighted by atomic mass is 16.1. The smallest absolute Gasteiger partial charge is 0.243 e. The topological polar surface area (TPSA) is 81.9 Å². The van der Waals surface area contributed by atoms with Gasteiger partial charge < -0.3 is 10.2 Å². The van der Waals surface area contributed by atoms with Gasteiger partial charge in [-0.25, -0.2) is 9.97 Å². The van der Waals surface area contributed by atoms with Crippen molar-refractivity contribution in [2.45, 2.75) is 66.2 Å². The van der Waals surface area contributed by atoms with E-state index in [1.165, 1.54) is 0 Å². The molecule has 1 aromatic heterocycles. The summed E-state index contributed by atoms with van der Waals surface area (Å²) in [6.07, 6.45) is 4.29. The van der Waals surface area contributed by atoms with Gasteiger partial charge in [-0.15, -0.1) is 0 Å². The fraction of sp³-hybridized carbons (Fsp3) is 0.600. The summed E-state index contributed by atoms with van der Waals surface area (Å²) in [6, 6.07) is 9.83. The average molecular weight is 424 g/mol. The van der Waals surface area contributed by atoms with Gasteiger partial charge in [0.15, 0.2) is 11.7 Å². The molecular formula is C25H37N5O. The van der Waals surface area contributed by atoms with E-state index < -0.39 is 5.92 Å². The fourth-order valence-electron chi connectivity index (χ4n) is 3.67. The Kier molecular flexibility index (Phi) is 9.71. The van der Waals surface area contributed by atoms with E-state index in [4.69, 9.17) is 9.97 Å². The van der Waals surface area contributed by atoms with Crippen LogP contribution in [0.2, 0.25) is 0 Å². The Balaban J connectivity index is 2.43. The lowest BCUT2D eigenvalue weighted by atomic mass is 10.0. The molecule has 0 bridgehead atoms. The number of carbonyl (C=O) groups is 1. The molecule has 1 atom stereocenters. The fourth-order valence-corrected chi connectivity index (χ4v) is 3.67. The Morgan fingerprint density at radius 3 is 2.19 bits per heavy atom. The molecule has 168 valence electrons. The quantitative estimate of drug-likeness (QED) is 0.483. The van der Waals surface area contributed by atoms with Gasteiger partial charge in [-0.05, 0) is 30.4 Å². The van der Waals surface area contributed by atoms with Crippen LogP contribution in [0.25, 0.3) is 11.0 Å². The number of para-hydroxylation sites is 2. The predicted octanol–water partition coefficient (Wildman–Crippen LogP) is 5.05. The molecule has 2 rings (SSSR count). The van der Waals surface area contributed by atoms with Crippen LogP contribution in [0, 0.1) is 23.2 Å². The number of anilines is 1. The summed E-state index contributed by atoms with van der Waals surface area (Å²) in [5.74, 6) is 0.188. The molecule has 2 aromatic rings. The van der Waals surface area contributed by atoms with Crippen LogP contribution in [0.3, 0.4) is 0 Å². The minimum Gasteiger partial charge on any atom is -0.355 e. The van der Waals surface area contributed by atoms with Crippen molar-refractivity contribution in [1.82, 2.24) is 15.3 Å². The minimum atomic E-state index is -0.986. The number of unbranched alkanes of at least 4 members (excludes halogenated alkanes) is 3. The maximum Gasteiger partial charge on any atom is 0.243 e. The van der Waals surface area contributed by atoms with Crippen molar-refractivity contribution in [2.75, 3.05) is 24.5 Å². The molecule has 31 heavy (non-hydrogen) atoms. The van der Waals surface area contributed by atoms with Gasteiger partial charge in [0.1, 0.15) is 5.69 Å². The number of amides is 1. The van der Waals surface area contributed by atoms with Crippen LogP contribution in [-0.2, 0) is 4.79 Å². The van der Waals surface area contributed by atoms with Crippen molar-refractivity contribution in [3.63, 3.8) is 0 Å². The molecule has 1 N–H and O–H groups in total. The number of hydrogen-bond donors (Lipinski definition) is 1. The third-order valence-electron chi connectivity index (χ3n) is 5.04. The number of rotatable bonds is 12. The molecule has 1 amide bonds. The van der Waals surface area contributed by atoms with Crippen molar-refractivity contribution < 1.29 is 4.79 Å². The first-order valence-corrected chi connectivity index (χ1v) is 11.6. The summed E-state index contributed by atoms with van der Waals surface area (Å²) < 4.78 is 0. The number of nitrogens with zero attached hydrogens (tertiary/aromatic N) is 4. The van der Waals surface area contributed by atoms with Crippen LogP contribution in [0.1, 0.15) is 71.9 Å². The predicted molar refractivity (Wildman–Crippen MR) is 127 cm³/mol. The van der Waals surface area contributed by atoms with Crippen LogP contribution in [0.5, 0.6) is 0 Å². The highest BCUT2D eigenvalue weighted by molar-refractivity contribution is 5.88. The molecule has 1 heterocycles. The molecule has 0 fully saturated rings. The molecule has 0 aliphatic rings. The second-order valence-electron chi connectivity index (χ2n) is 9.03. The summed E-state index contributed by atoms with van der Waals surface area (Å²) >= 11 is 0. The van der Waals surface area contributed by atoms with Crippen LogP contribution >= 0.6 is 0 Å². The first-order chi connectivity index (χ1) is 14.9. The molecule has 0 radical (unpaired) electrons. The third-order valence-corrected chi connectivity index (χ3v) is 5.04. The van der Waals surface area contributed by atoms with Gasteiger partial charge in [0, 0.05) is 19.6 Å². The van der Waals surface area contributed by atoms with Crippen molar-refractivity contribution in [3.8, 4) is 6.07 Å². The zero-order valence-corrected chi connectivity index (χ0v) is 19.7. The number of nitrogens with one attached hydrogen (secondary N) is 1. The minimum absolute atomic E-state index is 0.293.